The predicted molar refractivity (Wildman–Crippen MR) is 137 cm³/mol. The lowest BCUT2D eigenvalue weighted by Crippen LogP contribution is -2.13. The highest BCUT2D eigenvalue weighted by Crippen LogP contribution is 2.37. The highest BCUT2D eigenvalue weighted by molar-refractivity contribution is 6.36. The van der Waals surface area contributed by atoms with Crippen molar-refractivity contribution < 1.29 is 13.2 Å². The minimum absolute atomic E-state index is 0.0701. The molecule has 5 rings (SSSR count). The van der Waals surface area contributed by atoms with Crippen molar-refractivity contribution in [1.29, 1.82) is 5.26 Å². The molecule has 184 valence electrons. The van der Waals surface area contributed by atoms with Crippen molar-refractivity contribution in [1.82, 2.24) is 15.2 Å². The summed E-state index contributed by atoms with van der Waals surface area (Å²) in [5.74, 6) is -0.314. The molecule has 0 radical (unpaired) electrons. The maximum atomic E-state index is 13.7. The number of pyridine rings is 1. The SMILES string of the molecule is Cc1nnc(C(Nc2cc(Cl)c3ncc(C#N)c(Nc4ccc(F)c(Cl)c4)c3c2)c2ccc(F)cc2)o1. The third-order valence-corrected chi connectivity index (χ3v) is 6.11. The summed E-state index contributed by atoms with van der Waals surface area (Å²) < 4.78 is 32.9. The zero-order valence-electron chi connectivity index (χ0n) is 19.1. The molecule has 0 fully saturated rings. The molecule has 37 heavy (non-hydrogen) atoms. The van der Waals surface area contributed by atoms with Gasteiger partial charge in [0.15, 0.2) is 0 Å². The molecule has 0 aliphatic rings. The van der Waals surface area contributed by atoms with Gasteiger partial charge in [0.05, 0.1) is 26.8 Å². The minimum Gasteiger partial charge on any atom is -0.423 e. The Kier molecular flexibility index (Phi) is 6.61. The molecule has 0 amide bonds. The lowest BCUT2D eigenvalue weighted by atomic mass is 10.0. The van der Waals surface area contributed by atoms with Crippen molar-refractivity contribution in [2.24, 2.45) is 0 Å². The molecule has 1 atom stereocenters. The number of aromatic nitrogens is 3. The number of anilines is 3. The Morgan fingerprint density at radius 1 is 0.973 bits per heavy atom. The topological polar surface area (TPSA) is 99.7 Å². The minimum atomic E-state index is -0.630. The Morgan fingerprint density at radius 2 is 1.73 bits per heavy atom. The Morgan fingerprint density at radius 3 is 2.41 bits per heavy atom. The van der Waals surface area contributed by atoms with Crippen molar-refractivity contribution in [3.8, 4) is 6.07 Å². The van der Waals surface area contributed by atoms with Crippen LogP contribution in [-0.2, 0) is 0 Å². The van der Waals surface area contributed by atoms with Crippen LogP contribution in [0.2, 0.25) is 10.0 Å². The second kappa shape index (κ2) is 10.0. The molecule has 3 aromatic carbocycles. The number of nitriles is 1. The molecular formula is C26H16Cl2F2N6O. The fraction of sp³-hybridized carbons (Fsp3) is 0.0769. The number of hydrogen-bond donors (Lipinski definition) is 2. The first-order valence-corrected chi connectivity index (χ1v) is 11.6. The second-order valence-corrected chi connectivity index (χ2v) is 8.87. The summed E-state index contributed by atoms with van der Waals surface area (Å²) in [5.41, 5.74) is 2.77. The molecule has 2 N–H and O–H groups in total. The van der Waals surface area contributed by atoms with E-state index in [2.05, 4.69) is 31.9 Å². The Balaban J connectivity index is 1.61. The van der Waals surface area contributed by atoms with Crippen molar-refractivity contribution in [3.05, 3.63) is 105 Å². The number of hydrogen-bond acceptors (Lipinski definition) is 7. The quantitative estimate of drug-likeness (QED) is 0.234. The van der Waals surface area contributed by atoms with E-state index in [9.17, 15) is 14.0 Å². The molecule has 0 bridgehead atoms. The van der Waals surface area contributed by atoms with Crippen LogP contribution < -0.4 is 10.6 Å². The van der Waals surface area contributed by atoms with Crippen LogP contribution in [-0.4, -0.2) is 15.2 Å². The van der Waals surface area contributed by atoms with Crippen LogP contribution in [0.3, 0.4) is 0 Å². The summed E-state index contributed by atoms with van der Waals surface area (Å²) in [6.07, 6.45) is 1.40. The molecule has 7 nitrogen and oxygen atoms in total. The van der Waals surface area contributed by atoms with Gasteiger partial charge >= 0.3 is 0 Å². The lowest BCUT2D eigenvalue weighted by Gasteiger charge is -2.19. The van der Waals surface area contributed by atoms with E-state index < -0.39 is 11.9 Å². The van der Waals surface area contributed by atoms with Gasteiger partial charge in [0, 0.05) is 29.9 Å². The lowest BCUT2D eigenvalue weighted by molar-refractivity contribution is 0.458. The maximum Gasteiger partial charge on any atom is 0.243 e. The number of fused-ring (bicyclic) bond motifs is 1. The molecule has 0 saturated heterocycles. The summed E-state index contributed by atoms with van der Waals surface area (Å²) in [7, 11) is 0. The summed E-state index contributed by atoms with van der Waals surface area (Å²) in [5, 5.41) is 25.0. The van der Waals surface area contributed by atoms with Crippen LogP contribution in [0.5, 0.6) is 0 Å². The first-order chi connectivity index (χ1) is 17.8. The Labute approximate surface area is 219 Å². The van der Waals surface area contributed by atoms with Crippen LogP contribution in [0.25, 0.3) is 10.9 Å². The first kappa shape index (κ1) is 24.4. The van der Waals surface area contributed by atoms with E-state index in [1.54, 1.807) is 31.2 Å². The Hall–Kier alpha value is -4.26. The van der Waals surface area contributed by atoms with E-state index >= 15 is 0 Å². The average molecular weight is 537 g/mol. The van der Waals surface area contributed by atoms with E-state index in [4.69, 9.17) is 27.6 Å². The monoisotopic (exact) mass is 536 g/mol. The molecule has 0 spiro atoms. The maximum absolute atomic E-state index is 13.7. The van der Waals surface area contributed by atoms with Crippen LogP contribution in [0.4, 0.5) is 25.8 Å². The van der Waals surface area contributed by atoms with Crippen LogP contribution in [0.1, 0.15) is 29.0 Å². The summed E-state index contributed by atoms with van der Waals surface area (Å²) in [6, 6.07) is 14.9. The van der Waals surface area contributed by atoms with Crippen LogP contribution in [0, 0.1) is 29.9 Å². The summed E-state index contributed by atoms with van der Waals surface area (Å²) in [6.45, 7) is 1.67. The van der Waals surface area contributed by atoms with Crippen molar-refractivity contribution >= 4 is 51.2 Å². The van der Waals surface area contributed by atoms with Crippen molar-refractivity contribution in [2.75, 3.05) is 10.6 Å². The number of nitrogens with one attached hydrogen (secondary N) is 2. The number of rotatable bonds is 6. The van der Waals surface area contributed by atoms with Gasteiger partial charge in [-0.3, -0.25) is 4.98 Å². The first-order valence-electron chi connectivity index (χ1n) is 10.9. The van der Waals surface area contributed by atoms with Crippen LogP contribution in [0.15, 0.2) is 65.2 Å². The number of benzene rings is 3. The Bertz CT molecular complexity index is 1670. The highest BCUT2D eigenvalue weighted by atomic mass is 35.5. The highest BCUT2D eigenvalue weighted by Gasteiger charge is 2.22. The van der Waals surface area contributed by atoms with Gasteiger partial charge in [-0.15, -0.1) is 10.2 Å². The van der Waals surface area contributed by atoms with E-state index in [0.29, 0.717) is 44.4 Å². The van der Waals surface area contributed by atoms with Gasteiger partial charge < -0.3 is 15.1 Å². The molecule has 2 aromatic heterocycles. The predicted octanol–water partition coefficient (Wildman–Crippen LogP) is 7.33. The van der Waals surface area contributed by atoms with Gasteiger partial charge in [0.1, 0.15) is 23.7 Å². The van der Waals surface area contributed by atoms with E-state index in [1.807, 2.05) is 0 Å². The van der Waals surface area contributed by atoms with Crippen LogP contribution >= 0.6 is 23.2 Å². The van der Waals surface area contributed by atoms with Crippen molar-refractivity contribution in [3.63, 3.8) is 0 Å². The van der Waals surface area contributed by atoms with Gasteiger partial charge in [-0.1, -0.05) is 35.3 Å². The van der Waals surface area contributed by atoms with E-state index in [-0.39, 0.29) is 22.3 Å². The zero-order valence-corrected chi connectivity index (χ0v) is 20.6. The summed E-state index contributed by atoms with van der Waals surface area (Å²) >= 11 is 12.5. The smallest absolute Gasteiger partial charge is 0.243 e. The fourth-order valence-electron chi connectivity index (χ4n) is 3.82. The zero-order chi connectivity index (χ0) is 26.1. The number of halogens is 4. The van der Waals surface area contributed by atoms with Gasteiger partial charge in [0.25, 0.3) is 0 Å². The molecule has 0 saturated carbocycles. The third-order valence-electron chi connectivity index (χ3n) is 5.54. The van der Waals surface area contributed by atoms with Gasteiger partial charge in [-0.25, -0.2) is 8.78 Å². The molecular weight excluding hydrogens is 521 g/mol. The number of aryl methyl sites for hydroxylation is 1. The second-order valence-electron chi connectivity index (χ2n) is 8.06. The standard InChI is InChI=1S/C26H16Cl2F2N6O/c1-13-35-36-26(37-13)24(14-2-4-16(29)5-3-14)34-18-8-19-23(33-17-6-7-22(30)20(27)9-17)15(11-31)12-32-25(19)21(28)10-18/h2-10,12,24,34H,1H3,(H,32,33). The normalized spacial score (nSPS) is 11.8. The molecule has 0 aliphatic heterocycles. The third kappa shape index (κ3) is 5.03. The molecule has 5 aromatic rings. The van der Waals surface area contributed by atoms with Gasteiger partial charge in [0.2, 0.25) is 11.8 Å². The summed E-state index contributed by atoms with van der Waals surface area (Å²) in [4.78, 5) is 4.34. The average Bonchev–Trinajstić information content (AvgIpc) is 3.31. The molecule has 2 heterocycles. The van der Waals surface area contributed by atoms with E-state index in [0.717, 1.165) is 0 Å². The number of nitrogens with zero attached hydrogens (tertiary/aromatic N) is 4. The largest absolute Gasteiger partial charge is 0.423 e. The molecule has 11 heteroatoms. The molecule has 1 unspecified atom stereocenters. The van der Waals surface area contributed by atoms with Gasteiger partial charge in [-0.05, 0) is 48.0 Å². The van der Waals surface area contributed by atoms with E-state index in [1.165, 1.54) is 36.5 Å². The molecule has 0 aliphatic carbocycles. The van der Waals surface area contributed by atoms with Crippen molar-refractivity contribution in [2.45, 2.75) is 13.0 Å². The van der Waals surface area contributed by atoms with Gasteiger partial charge in [-0.2, -0.15) is 5.26 Å². The fourth-order valence-corrected chi connectivity index (χ4v) is 4.27.